The second-order valence-corrected chi connectivity index (χ2v) is 4.63. The second-order valence-electron chi connectivity index (χ2n) is 1.54. The summed E-state index contributed by atoms with van der Waals surface area (Å²) in [5.74, 6) is 0. The summed E-state index contributed by atoms with van der Waals surface area (Å²) in [6, 6.07) is 0. The van der Waals surface area contributed by atoms with Crippen LogP contribution in [0.15, 0.2) is 0 Å². The van der Waals surface area contributed by atoms with Crippen molar-refractivity contribution < 1.29 is 38.9 Å². The summed E-state index contributed by atoms with van der Waals surface area (Å²) in [5, 5.41) is 11.6. The van der Waals surface area contributed by atoms with Gasteiger partial charge in [-0.25, -0.2) is 15.4 Å². The maximum absolute atomic E-state index is 8.97. The van der Waals surface area contributed by atoms with Crippen LogP contribution in [0.2, 0.25) is 0 Å². The zero-order valence-electron chi connectivity index (χ0n) is 6.75. The Balaban J connectivity index is -0.000000144. The SMILES string of the molecule is NS(=O)(=O)O.NS(=O)(=O)O.NS(=O)(=O)O. The van der Waals surface area contributed by atoms with E-state index in [1.165, 1.54) is 0 Å². The Bertz CT molecular complexity index is 342. The molecule has 0 aliphatic carbocycles. The normalized spacial score (nSPS) is 11.6. The topological polar surface area (TPSA) is 241 Å². The fraction of sp³-hybridized carbons (Fsp3) is 0. The van der Waals surface area contributed by atoms with Crippen molar-refractivity contribution in [2.24, 2.45) is 15.4 Å². The van der Waals surface area contributed by atoms with Gasteiger partial charge in [0.05, 0.1) is 0 Å². The van der Waals surface area contributed by atoms with Crippen molar-refractivity contribution >= 4 is 30.9 Å². The highest BCUT2D eigenvalue weighted by atomic mass is 32.2. The number of hydrogen-bond donors (Lipinski definition) is 6. The third-order valence-corrected chi connectivity index (χ3v) is 0. The molecule has 0 heterocycles. The average molecular weight is 291 g/mol. The van der Waals surface area contributed by atoms with Crippen LogP contribution < -0.4 is 15.4 Å². The summed E-state index contributed by atoms with van der Waals surface area (Å²) in [4.78, 5) is 0. The molecule has 0 amide bonds. The molecule has 0 rings (SSSR count). The Morgan fingerprint density at radius 3 is 0.533 bits per heavy atom. The van der Waals surface area contributed by atoms with Crippen LogP contribution in [-0.4, -0.2) is 38.9 Å². The molecule has 0 atom stereocenters. The third-order valence-electron chi connectivity index (χ3n) is 0. The smallest absolute Gasteiger partial charge is 0.274 e. The highest BCUT2D eigenvalue weighted by Crippen LogP contribution is 1.51. The summed E-state index contributed by atoms with van der Waals surface area (Å²) in [6.07, 6.45) is 0. The molecule has 0 aromatic carbocycles. The number of rotatable bonds is 0. The van der Waals surface area contributed by atoms with Crippen LogP contribution in [0.4, 0.5) is 0 Å². The van der Waals surface area contributed by atoms with Gasteiger partial charge < -0.3 is 0 Å². The van der Waals surface area contributed by atoms with Crippen molar-refractivity contribution in [1.29, 1.82) is 0 Å². The lowest BCUT2D eigenvalue weighted by atomic mass is 13.9. The van der Waals surface area contributed by atoms with Crippen LogP contribution in [-0.2, 0) is 30.9 Å². The van der Waals surface area contributed by atoms with E-state index in [9.17, 15) is 0 Å². The van der Waals surface area contributed by atoms with Gasteiger partial charge in [0.15, 0.2) is 0 Å². The first kappa shape index (κ1) is 20.1. The molecule has 0 aliphatic heterocycles. The Hall–Kier alpha value is -0.390. The van der Waals surface area contributed by atoms with Gasteiger partial charge in [-0.15, -0.1) is 0 Å². The molecule has 0 aromatic heterocycles. The maximum Gasteiger partial charge on any atom is 0.330 e. The molecule has 0 unspecified atom stereocenters. The van der Waals surface area contributed by atoms with Crippen molar-refractivity contribution in [3.63, 3.8) is 0 Å². The van der Waals surface area contributed by atoms with Crippen LogP contribution in [0.3, 0.4) is 0 Å². The lowest BCUT2D eigenvalue weighted by molar-refractivity contribution is 0.482. The first-order valence-electron chi connectivity index (χ1n) is 2.25. The van der Waals surface area contributed by atoms with Gasteiger partial charge in [0.1, 0.15) is 0 Å². The Kier molecular flexibility index (Phi) is 9.34. The Morgan fingerprint density at radius 2 is 0.533 bits per heavy atom. The minimum absolute atomic E-state index is 3.88. The molecular formula is H9N3O9S3. The van der Waals surface area contributed by atoms with E-state index in [1.54, 1.807) is 0 Å². The quantitative estimate of drug-likeness (QED) is 0.239. The number of nitrogens with two attached hydrogens (primary N) is 3. The van der Waals surface area contributed by atoms with Gasteiger partial charge in [-0.1, -0.05) is 0 Å². The van der Waals surface area contributed by atoms with Crippen molar-refractivity contribution in [3.05, 3.63) is 0 Å². The van der Waals surface area contributed by atoms with E-state index in [2.05, 4.69) is 15.4 Å². The Labute approximate surface area is 85.7 Å². The molecule has 0 fully saturated rings. The van der Waals surface area contributed by atoms with Gasteiger partial charge in [-0.2, -0.15) is 25.3 Å². The molecule has 15 heavy (non-hydrogen) atoms. The van der Waals surface area contributed by atoms with Crippen molar-refractivity contribution in [2.45, 2.75) is 0 Å². The van der Waals surface area contributed by atoms with Crippen molar-refractivity contribution in [3.8, 4) is 0 Å². The highest BCUT2D eigenvalue weighted by Gasteiger charge is 1.82. The van der Waals surface area contributed by atoms with E-state index < -0.39 is 30.9 Å². The molecular weight excluding hydrogens is 282 g/mol. The van der Waals surface area contributed by atoms with Crippen LogP contribution >= 0.6 is 0 Å². The van der Waals surface area contributed by atoms with Gasteiger partial charge in [0.2, 0.25) is 0 Å². The molecule has 9 N–H and O–H groups in total. The minimum atomic E-state index is -4.17. The van der Waals surface area contributed by atoms with Gasteiger partial charge in [0.25, 0.3) is 0 Å². The van der Waals surface area contributed by atoms with E-state index in [4.69, 9.17) is 38.9 Å². The lowest BCUT2D eigenvalue weighted by Gasteiger charge is -1.70. The fourth-order valence-corrected chi connectivity index (χ4v) is 0. The summed E-state index contributed by atoms with van der Waals surface area (Å²) in [7, 11) is -12.5. The zero-order chi connectivity index (χ0) is 13.5. The summed E-state index contributed by atoms with van der Waals surface area (Å²) in [5.41, 5.74) is 0. The first-order valence-corrected chi connectivity index (χ1v) is 6.76. The molecule has 0 saturated carbocycles. The predicted octanol–water partition coefficient (Wildman–Crippen LogP) is -3.76. The van der Waals surface area contributed by atoms with Gasteiger partial charge >= 0.3 is 30.9 Å². The molecule has 0 radical (unpaired) electrons. The van der Waals surface area contributed by atoms with Crippen LogP contribution in [0.5, 0.6) is 0 Å². The molecule has 0 aliphatic rings. The minimum Gasteiger partial charge on any atom is -0.274 e. The van der Waals surface area contributed by atoms with Gasteiger partial charge in [-0.05, 0) is 0 Å². The second kappa shape index (κ2) is 6.98. The molecule has 0 bridgehead atoms. The predicted molar refractivity (Wildman–Crippen MR) is 47.2 cm³/mol. The molecule has 0 spiro atoms. The van der Waals surface area contributed by atoms with E-state index in [-0.39, 0.29) is 0 Å². The molecule has 0 aromatic rings. The van der Waals surface area contributed by atoms with Crippen LogP contribution in [0.1, 0.15) is 0 Å². The van der Waals surface area contributed by atoms with Gasteiger partial charge in [0, 0.05) is 0 Å². The average Bonchev–Trinajstić information content (AvgIpc) is 1.41. The summed E-state index contributed by atoms with van der Waals surface area (Å²) >= 11 is 0. The number of hydrogen-bond acceptors (Lipinski definition) is 6. The van der Waals surface area contributed by atoms with Crippen LogP contribution in [0, 0.1) is 0 Å². The van der Waals surface area contributed by atoms with Gasteiger partial charge in [-0.3, -0.25) is 13.7 Å². The highest BCUT2D eigenvalue weighted by molar-refractivity contribution is 7.83. The van der Waals surface area contributed by atoms with Crippen molar-refractivity contribution in [1.82, 2.24) is 0 Å². The standard InChI is InChI=1S/3H3NO3S/c3*1-5(2,3)4/h3*(H3,1,2,3,4). The van der Waals surface area contributed by atoms with Crippen LogP contribution in [0.25, 0.3) is 0 Å². The lowest BCUT2D eigenvalue weighted by Crippen LogP contribution is -2.08. The molecule has 12 nitrogen and oxygen atoms in total. The monoisotopic (exact) mass is 291 g/mol. The van der Waals surface area contributed by atoms with E-state index in [1.807, 2.05) is 0 Å². The molecule has 96 valence electrons. The molecule has 15 heteroatoms. The molecule has 0 saturated heterocycles. The van der Waals surface area contributed by atoms with E-state index in [0.717, 1.165) is 0 Å². The fourth-order valence-electron chi connectivity index (χ4n) is 0. The summed E-state index contributed by atoms with van der Waals surface area (Å²) < 4.78 is 75.6. The first-order chi connectivity index (χ1) is 6.00. The van der Waals surface area contributed by atoms with E-state index >= 15 is 0 Å². The largest absolute Gasteiger partial charge is 0.330 e. The maximum atomic E-state index is 8.97. The van der Waals surface area contributed by atoms with Crippen molar-refractivity contribution in [2.75, 3.05) is 0 Å². The summed E-state index contributed by atoms with van der Waals surface area (Å²) in [6.45, 7) is 0. The third kappa shape index (κ3) is 12100. The van der Waals surface area contributed by atoms with E-state index in [0.29, 0.717) is 0 Å². The Morgan fingerprint density at radius 1 is 0.533 bits per heavy atom. The zero-order valence-corrected chi connectivity index (χ0v) is 9.20.